The number of aliphatic hydroxyl groups is 1. The van der Waals surface area contributed by atoms with Gasteiger partial charge in [0.15, 0.2) is 0 Å². The normalized spacial score (nSPS) is 37.3. The lowest BCUT2D eigenvalue weighted by atomic mass is 9.52. The van der Waals surface area contributed by atoms with Crippen LogP contribution >= 0.6 is 0 Å². The molecule has 3 atom stereocenters. The highest BCUT2D eigenvalue weighted by molar-refractivity contribution is 5.34. The van der Waals surface area contributed by atoms with Crippen LogP contribution in [0.25, 0.3) is 0 Å². The molecular weight excluding hydrogens is 282 g/mol. The van der Waals surface area contributed by atoms with Gasteiger partial charge in [-0.05, 0) is 53.2 Å². The smallest absolute Gasteiger partial charge is 0.0485 e. The van der Waals surface area contributed by atoms with Gasteiger partial charge < -0.3 is 5.11 Å². The number of terminal acetylenes is 1. The van der Waals surface area contributed by atoms with E-state index in [0.29, 0.717) is 17.4 Å². The zero-order valence-electron chi connectivity index (χ0n) is 14.7. The van der Waals surface area contributed by atoms with Crippen LogP contribution in [0.2, 0.25) is 0 Å². The summed E-state index contributed by atoms with van der Waals surface area (Å²) in [7, 11) is 0. The lowest BCUT2D eigenvalue weighted by Gasteiger charge is -2.59. The maximum Gasteiger partial charge on any atom is 0.0485 e. The van der Waals surface area contributed by atoms with Gasteiger partial charge in [0.2, 0.25) is 0 Å². The highest BCUT2D eigenvalue weighted by Gasteiger charge is 2.52. The molecule has 1 aromatic carbocycles. The maximum absolute atomic E-state index is 9.86. The van der Waals surface area contributed by atoms with Crippen LogP contribution in [0.3, 0.4) is 0 Å². The largest absolute Gasteiger partial charge is 0.396 e. The van der Waals surface area contributed by atoms with Crippen molar-refractivity contribution in [3.05, 3.63) is 35.4 Å². The maximum atomic E-state index is 9.86. The molecule has 1 saturated carbocycles. The van der Waals surface area contributed by atoms with E-state index in [4.69, 9.17) is 6.42 Å². The molecule has 2 fully saturated rings. The number of benzene rings is 1. The van der Waals surface area contributed by atoms with Crippen molar-refractivity contribution in [1.82, 2.24) is 4.90 Å². The number of nitrogens with zero attached hydrogens (tertiary/aromatic N) is 1. The van der Waals surface area contributed by atoms with Crippen molar-refractivity contribution in [2.45, 2.75) is 46.6 Å². The lowest BCUT2D eigenvalue weighted by molar-refractivity contribution is -0.105. The predicted octanol–water partition coefficient (Wildman–Crippen LogP) is 3.68. The number of aliphatic hydroxyl groups excluding tert-OH is 1. The minimum Gasteiger partial charge on any atom is -0.396 e. The highest BCUT2D eigenvalue weighted by atomic mass is 16.3. The molecule has 124 valence electrons. The van der Waals surface area contributed by atoms with Gasteiger partial charge in [-0.2, -0.15) is 0 Å². The van der Waals surface area contributed by atoms with Crippen LogP contribution < -0.4 is 0 Å². The summed E-state index contributed by atoms with van der Waals surface area (Å²) >= 11 is 0. The molecular formula is C21H29NO. The zero-order valence-corrected chi connectivity index (χ0v) is 14.7. The van der Waals surface area contributed by atoms with Crippen molar-refractivity contribution in [3.8, 4) is 12.3 Å². The summed E-state index contributed by atoms with van der Waals surface area (Å²) in [5.74, 6) is 2.68. The van der Waals surface area contributed by atoms with Gasteiger partial charge in [0.1, 0.15) is 0 Å². The van der Waals surface area contributed by atoms with Gasteiger partial charge >= 0.3 is 0 Å². The Morgan fingerprint density at radius 1 is 1.04 bits per heavy atom. The summed E-state index contributed by atoms with van der Waals surface area (Å²) in [5.41, 5.74) is 2.98. The van der Waals surface area contributed by atoms with Gasteiger partial charge in [0.25, 0.3) is 0 Å². The third kappa shape index (κ3) is 3.47. The van der Waals surface area contributed by atoms with E-state index in [9.17, 15) is 5.11 Å². The predicted molar refractivity (Wildman–Crippen MR) is 94.9 cm³/mol. The average molecular weight is 311 g/mol. The molecule has 1 N–H and O–H groups in total. The molecule has 1 heterocycles. The molecule has 2 heteroatoms. The summed E-state index contributed by atoms with van der Waals surface area (Å²) in [4.78, 5) is 2.60. The lowest BCUT2D eigenvalue weighted by Crippen LogP contribution is -2.57. The molecule has 2 bridgehead atoms. The van der Waals surface area contributed by atoms with Crippen LogP contribution in [-0.2, 0) is 6.54 Å². The van der Waals surface area contributed by atoms with E-state index >= 15 is 0 Å². The van der Waals surface area contributed by atoms with Gasteiger partial charge in [-0.3, -0.25) is 4.90 Å². The first-order valence-electron chi connectivity index (χ1n) is 8.66. The molecule has 0 aromatic heterocycles. The summed E-state index contributed by atoms with van der Waals surface area (Å²) < 4.78 is 0. The van der Waals surface area contributed by atoms with Gasteiger partial charge in [-0.25, -0.2) is 0 Å². The van der Waals surface area contributed by atoms with E-state index in [1.165, 1.54) is 12.0 Å². The Kier molecular flexibility index (Phi) is 4.07. The van der Waals surface area contributed by atoms with Crippen LogP contribution in [0.15, 0.2) is 24.3 Å². The molecule has 2 aliphatic rings. The number of hydrogen-bond donors (Lipinski definition) is 1. The SMILES string of the molecule is C#Cc1ccc(CN2CC3(C)CC(C)(CO)C[C@](C)(C2)C3)cc1. The third-order valence-corrected chi connectivity index (χ3v) is 5.68. The number of rotatable bonds is 3. The molecule has 1 aromatic rings. The van der Waals surface area contributed by atoms with Crippen molar-refractivity contribution in [2.24, 2.45) is 16.2 Å². The Morgan fingerprint density at radius 2 is 1.61 bits per heavy atom. The van der Waals surface area contributed by atoms with E-state index in [1.807, 2.05) is 12.1 Å². The fourth-order valence-electron chi connectivity index (χ4n) is 5.83. The van der Waals surface area contributed by atoms with Crippen molar-refractivity contribution >= 4 is 0 Å². The van der Waals surface area contributed by atoms with E-state index in [0.717, 1.165) is 38.0 Å². The minimum atomic E-state index is 0.0856. The Morgan fingerprint density at radius 3 is 2.09 bits per heavy atom. The van der Waals surface area contributed by atoms with Gasteiger partial charge in [0, 0.05) is 31.8 Å². The van der Waals surface area contributed by atoms with E-state index < -0.39 is 0 Å². The minimum absolute atomic E-state index is 0.0856. The number of piperidine rings is 1. The van der Waals surface area contributed by atoms with Gasteiger partial charge in [0.05, 0.1) is 0 Å². The molecule has 3 rings (SSSR count). The second-order valence-corrected chi connectivity index (χ2v) is 9.11. The van der Waals surface area contributed by atoms with Gasteiger partial charge in [-0.1, -0.05) is 38.8 Å². The Bertz CT molecular complexity index is 594. The first-order chi connectivity index (χ1) is 10.8. The average Bonchev–Trinajstić information content (AvgIpc) is 2.45. The number of likely N-dealkylation sites (tertiary alicyclic amines) is 1. The summed E-state index contributed by atoms with van der Waals surface area (Å²) in [5, 5.41) is 9.86. The van der Waals surface area contributed by atoms with Crippen molar-refractivity contribution < 1.29 is 5.11 Å². The Hall–Kier alpha value is -1.30. The Labute approximate surface area is 140 Å². The topological polar surface area (TPSA) is 23.5 Å². The second-order valence-electron chi connectivity index (χ2n) is 9.11. The van der Waals surface area contributed by atoms with Crippen LogP contribution in [0.5, 0.6) is 0 Å². The zero-order chi connectivity index (χ0) is 16.7. The Balaban J connectivity index is 1.76. The van der Waals surface area contributed by atoms with Crippen LogP contribution in [0, 0.1) is 28.6 Å². The van der Waals surface area contributed by atoms with E-state index in [1.54, 1.807) is 0 Å². The molecule has 0 spiro atoms. The van der Waals surface area contributed by atoms with Crippen molar-refractivity contribution in [1.29, 1.82) is 0 Å². The van der Waals surface area contributed by atoms with Crippen molar-refractivity contribution in [2.75, 3.05) is 19.7 Å². The first kappa shape index (κ1) is 16.6. The fraction of sp³-hybridized carbons (Fsp3) is 0.619. The molecule has 1 saturated heterocycles. The molecule has 0 amide bonds. The molecule has 2 unspecified atom stereocenters. The fourth-order valence-corrected chi connectivity index (χ4v) is 5.83. The summed E-state index contributed by atoms with van der Waals surface area (Å²) in [6, 6.07) is 8.38. The molecule has 1 aliphatic heterocycles. The van der Waals surface area contributed by atoms with Gasteiger partial charge in [-0.15, -0.1) is 6.42 Å². The monoisotopic (exact) mass is 311 g/mol. The van der Waals surface area contributed by atoms with Crippen LogP contribution in [-0.4, -0.2) is 29.7 Å². The first-order valence-corrected chi connectivity index (χ1v) is 8.66. The molecule has 1 aliphatic carbocycles. The van der Waals surface area contributed by atoms with Crippen LogP contribution in [0.1, 0.15) is 51.2 Å². The standard InChI is InChI=1S/C21H29NO/c1-5-17-6-8-18(9-7-17)10-22-14-19(2)11-20(3,15-22)13-21(4,12-19)16-23/h1,6-9,23H,10-16H2,2-4H3/t19-,20?,21?/m1/s1. The van der Waals surface area contributed by atoms with E-state index in [2.05, 4.69) is 43.7 Å². The molecule has 23 heavy (non-hydrogen) atoms. The summed E-state index contributed by atoms with van der Waals surface area (Å²) in [6.07, 6.45) is 8.97. The van der Waals surface area contributed by atoms with Crippen molar-refractivity contribution in [3.63, 3.8) is 0 Å². The summed E-state index contributed by atoms with van der Waals surface area (Å²) in [6.45, 7) is 10.6. The number of fused-ring (bicyclic) bond motifs is 2. The van der Waals surface area contributed by atoms with E-state index in [-0.39, 0.29) is 5.41 Å². The molecule has 2 nitrogen and oxygen atoms in total. The third-order valence-electron chi connectivity index (χ3n) is 5.68. The second kappa shape index (κ2) is 5.65. The quantitative estimate of drug-likeness (QED) is 0.861. The highest BCUT2D eigenvalue weighted by Crippen LogP contribution is 2.57. The molecule has 0 radical (unpaired) electrons. The number of hydrogen-bond acceptors (Lipinski definition) is 2. The van der Waals surface area contributed by atoms with Crippen LogP contribution in [0.4, 0.5) is 0 Å².